The molecule has 1 radical (unpaired) electrons. The second kappa shape index (κ2) is 15.0. The summed E-state index contributed by atoms with van der Waals surface area (Å²) in [5.41, 5.74) is 0.889. The maximum atomic E-state index is 12.2. The third-order valence-electron chi connectivity index (χ3n) is 4.72. The van der Waals surface area contributed by atoms with Crippen LogP contribution >= 0.6 is 0 Å². The number of rotatable bonds is 13. The summed E-state index contributed by atoms with van der Waals surface area (Å²) >= 11 is 0. The van der Waals surface area contributed by atoms with Crippen LogP contribution in [0.3, 0.4) is 0 Å². The molecule has 0 fully saturated rings. The first-order valence-corrected chi connectivity index (χ1v) is 10.4. The van der Waals surface area contributed by atoms with Gasteiger partial charge in [-0.3, -0.25) is 24.5 Å². The number of aryl methyl sites for hydroxylation is 1. The molecule has 0 spiro atoms. The van der Waals surface area contributed by atoms with Crippen LogP contribution in [0.25, 0.3) is 0 Å². The van der Waals surface area contributed by atoms with Gasteiger partial charge in [-0.25, -0.2) is 4.98 Å². The van der Waals surface area contributed by atoms with Crippen molar-refractivity contribution >= 4 is 58.8 Å². The van der Waals surface area contributed by atoms with Crippen molar-refractivity contribution in [2.75, 3.05) is 18.4 Å². The first-order chi connectivity index (χ1) is 15.8. The molecule has 1 aromatic carbocycles. The number of aliphatic carboxylic acids is 1. The maximum absolute atomic E-state index is 12.2. The quantitative estimate of drug-likeness (QED) is 0.146. The smallest absolute Gasteiger partial charge is 0.305 e. The van der Waals surface area contributed by atoms with E-state index in [0.29, 0.717) is 13.0 Å². The summed E-state index contributed by atoms with van der Waals surface area (Å²) in [6.07, 6.45) is 2.73. The first kappa shape index (κ1) is 29.0. The molecule has 2 aromatic rings. The predicted molar refractivity (Wildman–Crippen MR) is 126 cm³/mol. The Labute approximate surface area is 219 Å². The largest absolute Gasteiger partial charge is 0.481 e. The van der Waals surface area contributed by atoms with Crippen molar-refractivity contribution in [1.82, 2.24) is 15.6 Å². The van der Waals surface area contributed by atoms with E-state index in [9.17, 15) is 24.5 Å². The number of hydrogen-bond donors (Lipinski definition) is 4. The van der Waals surface area contributed by atoms with Crippen LogP contribution in [0, 0.1) is 17.0 Å². The number of nitrogens with one attached hydrogen (secondary N) is 3. The van der Waals surface area contributed by atoms with Gasteiger partial charge in [-0.2, -0.15) is 0 Å². The number of carboxylic acid groups (broad SMARTS) is 1. The summed E-state index contributed by atoms with van der Waals surface area (Å²) in [5.74, 6) is -1.41. The van der Waals surface area contributed by atoms with Crippen LogP contribution in [-0.4, -0.2) is 75.4 Å². The van der Waals surface area contributed by atoms with Gasteiger partial charge >= 0.3 is 5.97 Å². The average molecular weight is 480 g/mol. The number of nitro groups is 1. The molecule has 1 unspecified atom stereocenters. The van der Waals surface area contributed by atoms with E-state index in [1.807, 2.05) is 19.1 Å². The standard InChI is InChI=1S/C22H27N5O6.Na/c1-15-9-11-24-19(12-15)23-10-5-4-8-20(28)25-14-21(29)26-17(13-22(30)31)16-6-2-3-7-18(16)27(32)33;/h2-3,6-7,9,11-12,17H,4-5,8,10,13-14H2,1H3,(H,23,24)(H,25,28)(H,26,29)(H,30,31);. The van der Waals surface area contributed by atoms with Crippen LogP contribution in [0.4, 0.5) is 11.5 Å². The third kappa shape index (κ3) is 10.3. The van der Waals surface area contributed by atoms with Crippen LogP contribution in [0.5, 0.6) is 0 Å². The molecule has 34 heavy (non-hydrogen) atoms. The van der Waals surface area contributed by atoms with Crippen LogP contribution in [0.1, 0.15) is 42.9 Å². The molecule has 177 valence electrons. The summed E-state index contributed by atoms with van der Waals surface area (Å²) in [6, 6.07) is 8.33. The minimum Gasteiger partial charge on any atom is -0.481 e. The van der Waals surface area contributed by atoms with E-state index in [-0.39, 0.29) is 59.7 Å². The van der Waals surface area contributed by atoms with Gasteiger partial charge in [0.05, 0.1) is 29.5 Å². The van der Waals surface area contributed by atoms with Crippen molar-refractivity contribution in [2.45, 2.75) is 38.6 Å². The summed E-state index contributed by atoms with van der Waals surface area (Å²) in [7, 11) is 0. The summed E-state index contributed by atoms with van der Waals surface area (Å²) in [4.78, 5) is 50.2. The van der Waals surface area contributed by atoms with Crippen LogP contribution in [0.2, 0.25) is 0 Å². The maximum Gasteiger partial charge on any atom is 0.305 e. The zero-order chi connectivity index (χ0) is 24.2. The molecule has 0 bridgehead atoms. The van der Waals surface area contributed by atoms with Gasteiger partial charge in [-0.15, -0.1) is 0 Å². The number of unbranched alkanes of at least 4 members (excludes halogenated alkanes) is 1. The number of amides is 2. The van der Waals surface area contributed by atoms with Gasteiger partial charge in [-0.1, -0.05) is 18.2 Å². The van der Waals surface area contributed by atoms with Gasteiger partial charge < -0.3 is 21.1 Å². The van der Waals surface area contributed by atoms with E-state index in [0.717, 1.165) is 17.8 Å². The molecule has 4 N–H and O–H groups in total. The second-order valence-corrected chi connectivity index (χ2v) is 7.41. The number of carbonyl (C=O) groups excluding carboxylic acids is 2. The minimum absolute atomic E-state index is 0. The van der Waals surface area contributed by atoms with Crippen LogP contribution in [-0.2, 0) is 14.4 Å². The molecule has 2 amide bonds. The molecule has 1 atom stereocenters. The minimum atomic E-state index is -1.23. The molecular formula is C22H27N5NaO6. The monoisotopic (exact) mass is 480 g/mol. The Morgan fingerprint density at radius 3 is 2.56 bits per heavy atom. The molecule has 0 aliphatic rings. The Balaban J connectivity index is 0.00000578. The Morgan fingerprint density at radius 2 is 1.88 bits per heavy atom. The van der Waals surface area contributed by atoms with Crippen molar-refractivity contribution in [2.24, 2.45) is 0 Å². The Kier molecular flexibility index (Phi) is 12.8. The molecule has 0 aliphatic heterocycles. The number of anilines is 1. The molecule has 1 aromatic heterocycles. The molecule has 0 aliphatic carbocycles. The molecule has 2 rings (SSSR count). The van der Waals surface area contributed by atoms with E-state index in [2.05, 4.69) is 20.9 Å². The number of hydrogen-bond acceptors (Lipinski definition) is 7. The summed E-state index contributed by atoms with van der Waals surface area (Å²) in [5, 5.41) is 28.5. The first-order valence-electron chi connectivity index (χ1n) is 10.4. The number of carbonyl (C=O) groups is 3. The number of nitrogens with zero attached hydrogens (tertiary/aromatic N) is 2. The number of pyridine rings is 1. The van der Waals surface area contributed by atoms with Crippen molar-refractivity contribution in [3.05, 3.63) is 63.8 Å². The fourth-order valence-corrected chi connectivity index (χ4v) is 3.13. The fraction of sp³-hybridized carbons (Fsp3) is 0.364. The van der Waals surface area contributed by atoms with Crippen LogP contribution < -0.4 is 16.0 Å². The van der Waals surface area contributed by atoms with Crippen LogP contribution in [0.15, 0.2) is 42.6 Å². The fourth-order valence-electron chi connectivity index (χ4n) is 3.13. The number of carboxylic acids is 1. The van der Waals surface area contributed by atoms with Gasteiger partial charge in [0.1, 0.15) is 5.82 Å². The zero-order valence-corrected chi connectivity index (χ0v) is 21.2. The van der Waals surface area contributed by atoms with Gasteiger partial charge in [0.2, 0.25) is 11.8 Å². The Hall–Kier alpha value is -3.02. The number of benzene rings is 1. The topological polar surface area (TPSA) is 164 Å². The van der Waals surface area contributed by atoms with E-state index in [1.165, 1.54) is 24.3 Å². The van der Waals surface area contributed by atoms with E-state index in [1.54, 1.807) is 6.20 Å². The predicted octanol–water partition coefficient (Wildman–Crippen LogP) is 1.95. The van der Waals surface area contributed by atoms with Crippen molar-refractivity contribution in [3.63, 3.8) is 0 Å². The van der Waals surface area contributed by atoms with E-state index < -0.39 is 29.3 Å². The van der Waals surface area contributed by atoms with Crippen molar-refractivity contribution in [1.29, 1.82) is 0 Å². The van der Waals surface area contributed by atoms with Gasteiger partial charge in [0.15, 0.2) is 0 Å². The van der Waals surface area contributed by atoms with E-state index in [4.69, 9.17) is 5.11 Å². The molecule has 1 heterocycles. The molecule has 11 nitrogen and oxygen atoms in total. The molecular weight excluding hydrogens is 453 g/mol. The molecule has 12 heteroatoms. The molecule has 0 saturated carbocycles. The Morgan fingerprint density at radius 1 is 1.15 bits per heavy atom. The number of aromatic nitrogens is 1. The van der Waals surface area contributed by atoms with E-state index >= 15 is 0 Å². The van der Waals surface area contributed by atoms with Crippen molar-refractivity contribution < 1.29 is 24.4 Å². The number of para-hydroxylation sites is 1. The van der Waals surface area contributed by atoms with Gasteiger partial charge in [0.25, 0.3) is 5.69 Å². The summed E-state index contributed by atoms with van der Waals surface area (Å²) in [6.45, 7) is 2.26. The van der Waals surface area contributed by atoms with Gasteiger partial charge in [0, 0.05) is 54.8 Å². The number of nitro benzene ring substituents is 1. The zero-order valence-electron chi connectivity index (χ0n) is 19.2. The Bertz CT molecular complexity index is 1000. The van der Waals surface area contributed by atoms with Crippen molar-refractivity contribution in [3.8, 4) is 0 Å². The normalized spacial score (nSPS) is 11.0. The third-order valence-corrected chi connectivity index (χ3v) is 4.72. The SMILES string of the molecule is Cc1ccnc(NCCCCC(=O)NCC(=O)NC(CC(=O)O)c2ccccc2[N+](=O)[O-])c1.[Na]. The molecule has 0 saturated heterocycles. The summed E-state index contributed by atoms with van der Waals surface area (Å²) < 4.78 is 0. The second-order valence-electron chi connectivity index (χ2n) is 7.41. The average Bonchev–Trinajstić information content (AvgIpc) is 2.76. The van der Waals surface area contributed by atoms with Gasteiger partial charge in [-0.05, 0) is 37.5 Å².